The number of carbonyl (C=O) groups is 4. The van der Waals surface area contributed by atoms with Gasteiger partial charge in [0.1, 0.15) is 11.5 Å². The van der Waals surface area contributed by atoms with Crippen LogP contribution in [0.1, 0.15) is 56.0 Å². The first-order valence-electron chi connectivity index (χ1n) is 10.1. The monoisotopic (exact) mass is 439 g/mol. The van der Waals surface area contributed by atoms with E-state index in [1.54, 1.807) is 51.1 Å². The molecule has 0 radical (unpaired) electrons. The van der Waals surface area contributed by atoms with Gasteiger partial charge in [-0.05, 0) is 36.4 Å². The number of carbonyl (C=O) groups excluding carboxylic acids is 4. The van der Waals surface area contributed by atoms with Gasteiger partial charge in [0, 0.05) is 42.1 Å². The topological polar surface area (TPSA) is 123 Å². The van der Waals surface area contributed by atoms with Gasteiger partial charge in [-0.1, -0.05) is 20.8 Å². The van der Waals surface area contributed by atoms with Crippen molar-refractivity contribution >= 4 is 35.7 Å². The van der Waals surface area contributed by atoms with Gasteiger partial charge in [0.05, 0.1) is 6.21 Å². The number of ether oxygens (including phenoxy) is 2. The minimum Gasteiger partial charge on any atom is -0.426 e. The molecule has 0 heterocycles. The molecule has 168 valence electrons. The maximum absolute atomic E-state index is 12.3. The Kier molecular flexibility index (Phi) is 9.09. The zero-order chi connectivity index (χ0) is 23.5. The summed E-state index contributed by atoms with van der Waals surface area (Å²) in [6.45, 7) is 5.06. The molecule has 0 unspecified atom stereocenters. The second kappa shape index (κ2) is 12.0. The molecular weight excluding hydrogens is 414 g/mol. The molecule has 0 aliphatic heterocycles. The van der Waals surface area contributed by atoms with Crippen LogP contribution in [0.3, 0.4) is 0 Å². The van der Waals surface area contributed by atoms with Crippen LogP contribution in [0, 0.1) is 0 Å². The smallest absolute Gasteiger partial charge is 0.310 e. The van der Waals surface area contributed by atoms with Crippen LogP contribution in [-0.4, -0.2) is 30.0 Å². The van der Waals surface area contributed by atoms with E-state index in [1.807, 2.05) is 0 Å². The van der Waals surface area contributed by atoms with E-state index in [2.05, 4.69) is 15.8 Å². The van der Waals surface area contributed by atoms with E-state index in [0.29, 0.717) is 23.2 Å². The number of nitrogens with one attached hydrogen (secondary N) is 2. The molecule has 2 aromatic carbocycles. The Balaban J connectivity index is 2.10. The summed E-state index contributed by atoms with van der Waals surface area (Å²) in [5.74, 6) is -1.11. The Morgan fingerprint density at radius 3 is 2.16 bits per heavy atom. The summed E-state index contributed by atoms with van der Waals surface area (Å²) in [6.07, 6.45) is 2.03. The maximum atomic E-state index is 12.3. The van der Waals surface area contributed by atoms with Gasteiger partial charge in [-0.25, -0.2) is 5.43 Å². The quantitative estimate of drug-likeness (QED) is 0.267. The highest BCUT2D eigenvalue weighted by Gasteiger charge is 2.11. The van der Waals surface area contributed by atoms with Crippen molar-refractivity contribution in [2.75, 3.05) is 5.32 Å². The number of hydrazone groups is 1. The summed E-state index contributed by atoms with van der Waals surface area (Å²) in [5.41, 5.74) is 3.72. The molecule has 32 heavy (non-hydrogen) atoms. The van der Waals surface area contributed by atoms with Crippen molar-refractivity contribution in [2.45, 2.75) is 40.0 Å². The molecule has 9 nitrogen and oxygen atoms in total. The van der Waals surface area contributed by atoms with Gasteiger partial charge in [0.25, 0.3) is 5.91 Å². The number of esters is 2. The van der Waals surface area contributed by atoms with Crippen LogP contribution in [0.15, 0.2) is 47.6 Å². The van der Waals surface area contributed by atoms with Gasteiger partial charge >= 0.3 is 11.9 Å². The van der Waals surface area contributed by atoms with Crippen LogP contribution >= 0.6 is 0 Å². The van der Waals surface area contributed by atoms with Crippen molar-refractivity contribution in [1.82, 2.24) is 5.43 Å². The summed E-state index contributed by atoms with van der Waals surface area (Å²) >= 11 is 0. The number of benzene rings is 2. The second-order valence-corrected chi connectivity index (χ2v) is 6.53. The molecule has 0 saturated heterocycles. The highest BCUT2D eigenvalue weighted by molar-refractivity contribution is 5.96. The predicted molar refractivity (Wildman–Crippen MR) is 119 cm³/mol. The van der Waals surface area contributed by atoms with Gasteiger partial charge in [0.2, 0.25) is 5.91 Å². The lowest BCUT2D eigenvalue weighted by atomic mass is 10.2. The third-order valence-corrected chi connectivity index (χ3v) is 4.14. The third-order valence-electron chi connectivity index (χ3n) is 4.14. The Hall–Kier alpha value is -4.01. The number of rotatable bonds is 9. The SMILES string of the molecule is CCC(=O)Nc1ccc(C(=O)N/N=C\c2ccc(OC(=O)CC)cc2OC(=O)CC)cc1. The van der Waals surface area contributed by atoms with Crippen LogP contribution in [-0.2, 0) is 14.4 Å². The molecule has 0 atom stereocenters. The average Bonchev–Trinajstić information content (AvgIpc) is 2.80. The van der Waals surface area contributed by atoms with Crippen LogP contribution in [0.4, 0.5) is 5.69 Å². The molecule has 2 N–H and O–H groups in total. The summed E-state index contributed by atoms with van der Waals surface area (Å²) in [5, 5.41) is 6.61. The molecular formula is C23H25N3O6. The van der Waals surface area contributed by atoms with E-state index < -0.39 is 17.8 Å². The van der Waals surface area contributed by atoms with Crippen molar-refractivity contribution in [1.29, 1.82) is 0 Å². The van der Waals surface area contributed by atoms with E-state index in [-0.39, 0.29) is 30.2 Å². The first kappa shape index (κ1) is 24.3. The van der Waals surface area contributed by atoms with Gasteiger partial charge in [-0.15, -0.1) is 0 Å². The van der Waals surface area contributed by atoms with Crippen molar-refractivity contribution in [2.24, 2.45) is 5.10 Å². The van der Waals surface area contributed by atoms with Crippen LogP contribution in [0.5, 0.6) is 11.5 Å². The predicted octanol–water partition coefficient (Wildman–Crippen LogP) is 3.43. The first-order chi connectivity index (χ1) is 15.4. The molecule has 0 aliphatic carbocycles. The van der Waals surface area contributed by atoms with Crippen molar-refractivity contribution in [3.63, 3.8) is 0 Å². The number of anilines is 1. The lowest BCUT2D eigenvalue weighted by Crippen LogP contribution is -2.18. The van der Waals surface area contributed by atoms with Crippen LogP contribution in [0.25, 0.3) is 0 Å². The van der Waals surface area contributed by atoms with Crippen LogP contribution in [0.2, 0.25) is 0 Å². The fourth-order valence-electron chi connectivity index (χ4n) is 2.35. The van der Waals surface area contributed by atoms with Crippen molar-refractivity contribution in [3.05, 3.63) is 53.6 Å². The molecule has 0 saturated carbocycles. The molecule has 2 aromatic rings. The van der Waals surface area contributed by atoms with Gasteiger partial charge < -0.3 is 14.8 Å². The number of hydrogen-bond acceptors (Lipinski definition) is 7. The molecule has 2 amide bonds. The fraction of sp³-hybridized carbons (Fsp3) is 0.261. The lowest BCUT2D eigenvalue weighted by molar-refractivity contribution is -0.134. The Morgan fingerprint density at radius 1 is 0.875 bits per heavy atom. The standard InChI is InChI=1S/C23H25N3O6/c1-4-20(27)25-17-10-7-15(8-11-17)23(30)26-24-14-16-9-12-18(31-21(28)5-2)13-19(16)32-22(29)6-3/h7-14H,4-6H2,1-3H3,(H,25,27)(H,26,30)/b24-14-. The highest BCUT2D eigenvalue weighted by Crippen LogP contribution is 2.25. The molecule has 2 rings (SSSR count). The van der Waals surface area contributed by atoms with E-state index in [4.69, 9.17) is 9.47 Å². The summed E-state index contributed by atoms with van der Waals surface area (Å²) in [6, 6.07) is 10.8. The van der Waals surface area contributed by atoms with E-state index in [1.165, 1.54) is 18.3 Å². The third kappa shape index (κ3) is 7.35. The van der Waals surface area contributed by atoms with Gasteiger partial charge in [-0.3, -0.25) is 19.2 Å². The molecule has 0 fully saturated rings. The Bertz CT molecular complexity index is 1010. The maximum Gasteiger partial charge on any atom is 0.310 e. The lowest BCUT2D eigenvalue weighted by Gasteiger charge is -2.09. The minimum absolute atomic E-state index is 0.123. The largest absolute Gasteiger partial charge is 0.426 e. The molecule has 0 aromatic heterocycles. The Labute approximate surface area is 185 Å². The summed E-state index contributed by atoms with van der Waals surface area (Å²) < 4.78 is 10.4. The van der Waals surface area contributed by atoms with E-state index >= 15 is 0 Å². The zero-order valence-corrected chi connectivity index (χ0v) is 18.1. The van der Waals surface area contributed by atoms with E-state index in [0.717, 1.165) is 0 Å². The van der Waals surface area contributed by atoms with Crippen molar-refractivity contribution < 1.29 is 28.7 Å². The average molecular weight is 439 g/mol. The number of amides is 2. The van der Waals surface area contributed by atoms with Crippen molar-refractivity contribution in [3.8, 4) is 11.5 Å². The normalized spacial score (nSPS) is 10.5. The van der Waals surface area contributed by atoms with E-state index in [9.17, 15) is 19.2 Å². The molecule has 9 heteroatoms. The fourth-order valence-corrected chi connectivity index (χ4v) is 2.35. The Morgan fingerprint density at radius 2 is 1.53 bits per heavy atom. The second-order valence-electron chi connectivity index (χ2n) is 6.53. The molecule has 0 spiro atoms. The zero-order valence-electron chi connectivity index (χ0n) is 18.1. The summed E-state index contributed by atoms with van der Waals surface area (Å²) in [4.78, 5) is 46.9. The van der Waals surface area contributed by atoms with Gasteiger partial charge in [0.15, 0.2) is 0 Å². The first-order valence-corrected chi connectivity index (χ1v) is 10.1. The summed E-state index contributed by atoms with van der Waals surface area (Å²) in [7, 11) is 0. The number of hydrogen-bond donors (Lipinski definition) is 2. The number of nitrogens with zero attached hydrogens (tertiary/aromatic N) is 1. The molecule has 0 bridgehead atoms. The minimum atomic E-state index is -0.474. The van der Waals surface area contributed by atoms with Crippen LogP contribution < -0.4 is 20.2 Å². The highest BCUT2D eigenvalue weighted by atomic mass is 16.5. The molecule has 0 aliphatic rings. The van der Waals surface area contributed by atoms with Gasteiger partial charge in [-0.2, -0.15) is 5.10 Å².